The van der Waals surface area contributed by atoms with Crippen molar-refractivity contribution in [1.82, 2.24) is 20.0 Å². The molecule has 7 heteroatoms. The van der Waals surface area contributed by atoms with Crippen LogP contribution in [0.4, 0.5) is 4.39 Å². The summed E-state index contributed by atoms with van der Waals surface area (Å²) in [6.07, 6.45) is 5.22. The van der Waals surface area contributed by atoms with Gasteiger partial charge in [0.05, 0.1) is 12.0 Å². The molecule has 1 aliphatic heterocycles. The van der Waals surface area contributed by atoms with Gasteiger partial charge in [0.2, 0.25) is 11.8 Å². The quantitative estimate of drug-likeness (QED) is 0.805. The first-order chi connectivity index (χ1) is 12.6. The standard InChI is InChI=1S/C19H23FN4O2/c1-23-17(25)9-8-16(18(23)14-4-6-15(20)7-5-14)19(26)21-10-2-12-24-13-3-11-22-24/h3-7,11,13,16,18H,2,8-10,12H2,1H3,(H,21,26)/t16-,18+/m0/s1. The molecule has 0 saturated carbocycles. The summed E-state index contributed by atoms with van der Waals surface area (Å²) >= 11 is 0. The first-order valence-electron chi connectivity index (χ1n) is 8.82. The Morgan fingerprint density at radius 3 is 2.81 bits per heavy atom. The summed E-state index contributed by atoms with van der Waals surface area (Å²) in [6.45, 7) is 1.28. The summed E-state index contributed by atoms with van der Waals surface area (Å²) < 4.78 is 15.1. The lowest BCUT2D eigenvalue weighted by molar-refractivity contribution is -0.141. The molecule has 1 N–H and O–H groups in total. The molecule has 1 aromatic carbocycles. The minimum absolute atomic E-state index is 0.00190. The number of nitrogens with zero attached hydrogens (tertiary/aromatic N) is 3. The van der Waals surface area contributed by atoms with Crippen molar-refractivity contribution in [2.24, 2.45) is 5.92 Å². The highest BCUT2D eigenvalue weighted by molar-refractivity contribution is 5.84. The number of hydrogen-bond acceptors (Lipinski definition) is 3. The van der Waals surface area contributed by atoms with Gasteiger partial charge in [-0.15, -0.1) is 0 Å². The molecule has 26 heavy (non-hydrogen) atoms. The van der Waals surface area contributed by atoms with E-state index in [1.54, 1.807) is 30.3 Å². The van der Waals surface area contributed by atoms with Gasteiger partial charge < -0.3 is 10.2 Å². The van der Waals surface area contributed by atoms with E-state index in [0.29, 0.717) is 19.4 Å². The lowest BCUT2D eigenvalue weighted by atomic mass is 9.84. The van der Waals surface area contributed by atoms with Gasteiger partial charge in [-0.3, -0.25) is 14.3 Å². The number of halogens is 1. The second kappa shape index (κ2) is 8.12. The van der Waals surface area contributed by atoms with Crippen LogP contribution in [0.3, 0.4) is 0 Å². The van der Waals surface area contributed by atoms with Gasteiger partial charge in [-0.25, -0.2) is 4.39 Å². The van der Waals surface area contributed by atoms with Gasteiger partial charge >= 0.3 is 0 Å². The van der Waals surface area contributed by atoms with E-state index in [2.05, 4.69) is 10.4 Å². The monoisotopic (exact) mass is 358 g/mol. The second-order valence-electron chi connectivity index (χ2n) is 6.56. The number of rotatable bonds is 6. The first-order valence-corrected chi connectivity index (χ1v) is 8.82. The van der Waals surface area contributed by atoms with Gasteiger partial charge in [0, 0.05) is 39.0 Å². The average Bonchev–Trinajstić information content (AvgIpc) is 3.15. The number of nitrogens with one attached hydrogen (secondary N) is 1. The summed E-state index contributed by atoms with van der Waals surface area (Å²) in [5, 5.41) is 7.10. The number of aromatic nitrogens is 2. The van der Waals surface area contributed by atoms with Crippen LogP contribution in [0.1, 0.15) is 30.9 Å². The highest BCUT2D eigenvalue weighted by Crippen LogP contribution is 2.35. The van der Waals surface area contributed by atoms with Gasteiger partial charge in [0.15, 0.2) is 0 Å². The van der Waals surface area contributed by atoms with Crippen LogP contribution in [0.5, 0.6) is 0 Å². The van der Waals surface area contributed by atoms with Crippen LogP contribution in [-0.2, 0) is 16.1 Å². The van der Waals surface area contributed by atoms with E-state index in [0.717, 1.165) is 18.5 Å². The molecule has 0 aliphatic carbocycles. The number of amides is 2. The number of benzene rings is 1. The van der Waals surface area contributed by atoms with Crippen LogP contribution in [0.25, 0.3) is 0 Å². The van der Waals surface area contributed by atoms with Gasteiger partial charge in [-0.05, 0) is 36.6 Å². The Labute approximate surface area is 152 Å². The highest BCUT2D eigenvalue weighted by atomic mass is 19.1. The van der Waals surface area contributed by atoms with Crippen LogP contribution in [-0.4, -0.2) is 40.1 Å². The molecule has 0 radical (unpaired) electrons. The van der Waals surface area contributed by atoms with Crippen LogP contribution in [0.2, 0.25) is 0 Å². The molecule has 2 aromatic rings. The number of hydrogen-bond donors (Lipinski definition) is 1. The number of piperidine rings is 1. The fourth-order valence-electron chi connectivity index (χ4n) is 3.45. The maximum absolute atomic E-state index is 13.2. The summed E-state index contributed by atoms with van der Waals surface area (Å²) in [7, 11) is 1.70. The van der Waals surface area contributed by atoms with E-state index >= 15 is 0 Å². The molecule has 6 nitrogen and oxygen atoms in total. The zero-order valence-electron chi connectivity index (χ0n) is 14.8. The third-order valence-corrected chi connectivity index (χ3v) is 4.83. The Hall–Kier alpha value is -2.70. The molecule has 2 heterocycles. The zero-order valence-corrected chi connectivity index (χ0v) is 14.8. The van der Waals surface area contributed by atoms with Crippen molar-refractivity contribution in [3.05, 3.63) is 54.1 Å². The Kier molecular flexibility index (Phi) is 5.65. The van der Waals surface area contributed by atoms with E-state index in [9.17, 15) is 14.0 Å². The molecule has 1 aliphatic rings. The van der Waals surface area contributed by atoms with Gasteiger partial charge in [-0.1, -0.05) is 12.1 Å². The van der Waals surface area contributed by atoms with E-state index in [-0.39, 0.29) is 29.6 Å². The largest absolute Gasteiger partial charge is 0.356 e. The lowest BCUT2D eigenvalue weighted by Gasteiger charge is -2.38. The molecule has 0 bridgehead atoms. The molecule has 0 spiro atoms. The molecular formula is C19H23FN4O2. The van der Waals surface area contributed by atoms with Crippen molar-refractivity contribution >= 4 is 11.8 Å². The molecule has 138 valence electrons. The molecule has 2 atom stereocenters. The summed E-state index contributed by atoms with van der Waals surface area (Å²) in [4.78, 5) is 26.4. The highest BCUT2D eigenvalue weighted by Gasteiger charge is 2.38. The van der Waals surface area contributed by atoms with Crippen molar-refractivity contribution in [2.45, 2.75) is 31.8 Å². The third kappa shape index (κ3) is 4.09. The number of carbonyl (C=O) groups is 2. The average molecular weight is 358 g/mol. The molecular weight excluding hydrogens is 335 g/mol. The van der Waals surface area contributed by atoms with Crippen molar-refractivity contribution in [3.63, 3.8) is 0 Å². The van der Waals surface area contributed by atoms with Gasteiger partial charge in [0.25, 0.3) is 0 Å². The van der Waals surface area contributed by atoms with Gasteiger partial charge in [0.1, 0.15) is 5.82 Å². The van der Waals surface area contributed by atoms with E-state index < -0.39 is 0 Å². The second-order valence-corrected chi connectivity index (χ2v) is 6.56. The maximum atomic E-state index is 13.2. The SMILES string of the molecule is CN1C(=O)CC[C@H](C(=O)NCCCn2cccn2)[C@H]1c1ccc(F)cc1. The van der Waals surface area contributed by atoms with Crippen LogP contribution >= 0.6 is 0 Å². The Morgan fingerprint density at radius 1 is 1.35 bits per heavy atom. The Balaban J connectivity index is 1.63. The van der Waals surface area contributed by atoms with E-state index in [1.807, 2.05) is 16.9 Å². The Morgan fingerprint density at radius 2 is 2.12 bits per heavy atom. The number of carbonyl (C=O) groups excluding carboxylic acids is 2. The summed E-state index contributed by atoms with van der Waals surface area (Å²) in [5.74, 6) is -0.743. The first kappa shape index (κ1) is 18.1. The van der Waals surface area contributed by atoms with E-state index in [4.69, 9.17) is 0 Å². The molecule has 3 rings (SSSR count). The summed E-state index contributed by atoms with van der Waals surface area (Å²) in [5.41, 5.74) is 0.777. The lowest BCUT2D eigenvalue weighted by Crippen LogP contribution is -2.46. The fourth-order valence-corrected chi connectivity index (χ4v) is 3.45. The number of likely N-dealkylation sites (tertiary alicyclic amines) is 1. The van der Waals surface area contributed by atoms with E-state index in [1.165, 1.54) is 12.1 Å². The predicted molar refractivity (Wildman–Crippen MR) is 94.5 cm³/mol. The van der Waals surface area contributed by atoms with Crippen molar-refractivity contribution < 1.29 is 14.0 Å². The van der Waals surface area contributed by atoms with Crippen molar-refractivity contribution in [2.75, 3.05) is 13.6 Å². The number of aryl methyl sites for hydroxylation is 1. The van der Waals surface area contributed by atoms with Gasteiger partial charge in [-0.2, -0.15) is 5.10 Å². The predicted octanol–water partition coefficient (Wildman–Crippen LogP) is 2.14. The minimum atomic E-state index is -0.372. The molecule has 0 unspecified atom stereocenters. The Bertz CT molecular complexity index is 745. The smallest absolute Gasteiger partial charge is 0.225 e. The summed E-state index contributed by atoms with van der Waals surface area (Å²) in [6, 6.07) is 7.51. The van der Waals surface area contributed by atoms with Crippen molar-refractivity contribution in [1.29, 1.82) is 0 Å². The maximum Gasteiger partial charge on any atom is 0.225 e. The normalized spacial score (nSPS) is 20.2. The van der Waals surface area contributed by atoms with Crippen molar-refractivity contribution in [3.8, 4) is 0 Å². The van der Waals surface area contributed by atoms with Crippen LogP contribution in [0, 0.1) is 11.7 Å². The minimum Gasteiger partial charge on any atom is -0.356 e. The third-order valence-electron chi connectivity index (χ3n) is 4.83. The zero-order chi connectivity index (χ0) is 18.5. The fraction of sp³-hybridized carbons (Fsp3) is 0.421. The molecule has 1 saturated heterocycles. The van der Waals surface area contributed by atoms with Crippen LogP contribution < -0.4 is 5.32 Å². The molecule has 2 amide bonds. The topological polar surface area (TPSA) is 67.2 Å². The molecule has 1 aromatic heterocycles. The van der Waals surface area contributed by atoms with Crippen LogP contribution in [0.15, 0.2) is 42.7 Å². The molecule has 1 fully saturated rings.